The van der Waals surface area contributed by atoms with E-state index < -0.39 is 0 Å². The van der Waals surface area contributed by atoms with Crippen LogP contribution in [0.2, 0.25) is 0 Å². The molecule has 0 unspecified atom stereocenters. The first kappa shape index (κ1) is 19.3. The van der Waals surface area contributed by atoms with Crippen molar-refractivity contribution in [3.8, 4) is 0 Å². The van der Waals surface area contributed by atoms with E-state index >= 15 is 0 Å². The number of hydrogen-bond acceptors (Lipinski definition) is 5. The number of aromatic nitrogens is 4. The lowest BCUT2D eigenvalue weighted by Gasteiger charge is -2.11. The molecule has 2 heterocycles. The third-order valence-corrected chi connectivity index (χ3v) is 5.16. The average molecular weight is 362 g/mol. The minimum absolute atomic E-state index is 0.0978. The zero-order valence-corrected chi connectivity index (χ0v) is 16.3. The fraction of sp³-hybridized carbons (Fsp3) is 0.500. The SMILES string of the molecule is C=CCn1c(N)nnc1SCC(=O)c1cc(C)n(CCC(C)C)c1C. The minimum atomic E-state index is 0.0978. The molecule has 0 atom stereocenters. The van der Waals surface area contributed by atoms with Gasteiger partial charge in [0, 0.05) is 30.0 Å². The highest BCUT2D eigenvalue weighted by atomic mass is 32.2. The number of ketones is 1. The number of anilines is 1. The summed E-state index contributed by atoms with van der Waals surface area (Å²) in [7, 11) is 0. The number of allylic oxidation sites excluding steroid dienone is 1. The Bertz CT molecular complexity index is 760. The second-order valence-corrected chi connectivity index (χ2v) is 7.51. The van der Waals surface area contributed by atoms with Crippen LogP contribution in [0, 0.1) is 19.8 Å². The van der Waals surface area contributed by atoms with Crippen LogP contribution in [0.5, 0.6) is 0 Å². The van der Waals surface area contributed by atoms with Crippen molar-refractivity contribution in [2.24, 2.45) is 5.92 Å². The van der Waals surface area contributed by atoms with Gasteiger partial charge in [-0.3, -0.25) is 9.36 Å². The summed E-state index contributed by atoms with van der Waals surface area (Å²) in [6, 6.07) is 1.99. The van der Waals surface area contributed by atoms with Crippen LogP contribution in [0.25, 0.3) is 0 Å². The lowest BCUT2D eigenvalue weighted by molar-refractivity contribution is 0.102. The number of nitrogen functional groups attached to an aromatic ring is 1. The first-order chi connectivity index (χ1) is 11.8. The molecule has 25 heavy (non-hydrogen) atoms. The number of hydrogen-bond donors (Lipinski definition) is 1. The van der Waals surface area contributed by atoms with Gasteiger partial charge in [-0.2, -0.15) is 0 Å². The highest BCUT2D eigenvalue weighted by Crippen LogP contribution is 2.23. The molecule has 0 amide bonds. The molecular formula is C18H27N5OS. The number of nitrogens with two attached hydrogens (primary N) is 1. The first-order valence-corrected chi connectivity index (χ1v) is 9.46. The van der Waals surface area contributed by atoms with E-state index in [1.165, 1.54) is 11.8 Å². The van der Waals surface area contributed by atoms with Gasteiger partial charge in [-0.15, -0.1) is 16.8 Å². The summed E-state index contributed by atoms with van der Waals surface area (Å²) in [5, 5.41) is 8.55. The summed E-state index contributed by atoms with van der Waals surface area (Å²) in [5.41, 5.74) is 8.75. The standard InChI is InChI=1S/C18H27N5OS/c1-6-8-23-17(19)20-21-18(23)25-11-16(24)15-10-13(4)22(14(15)5)9-7-12(2)3/h6,10,12H,1,7-9,11H2,2-5H3,(H2,19,20). The third kappa shape index (κ3) is 4.54. The number of Topliss-reactive ketones (excluding diaryl/α,β-unsaturated/α-hetero) is 1. The summed E-state index contributed by atoms with van der Waals surface area (Å²) in [6.45, 7) is 13.7. The van der Waals surface area contributed by atoms with E-state index in [0.29, 0.717) is 29.3 Å². The fourth-order valence-electron chi connectivity index (χ4n) is 2.73. The Kier molecular flexibility index (Phi) is 6.47. The molecule has 0 bridgehead atoms. The summed E-state index contributed by atoms with van der Waals surface area (Å²) in [4.78, 5) is 12.7. The zero-order chi connectivity index (χ0) is 18.6. The average Bonchev–Trinajstić information content (AvgIpc) is 3.04. The van der Waals surface area contributed by atoms with Gasteiger partial charge in [-0.25, -0.2) is 0 Å². The van der Waals surface area contributed by atoms with Gasteiger partial charge in [-0.05, 0) is 32.3 Å². The quantitative estimate of drug-likeness (QED) is 0.420. The molecule has 0 aliphatic rings. The van der Waals surface area contributed by atoms with E-state index in [2.05, 4.69) is 42.1 Å². The van der Waals surface area contributed by atoms with Crippen molar-refractivity contribution in [3.63, 3.8) is 0 Å². The van der Waals surface area contributed by atoms with E-state index in [1.807, 2.05) is 13.0 Å². The van der Waals surface area contributed by atoms with Gasteiger partial charge < -0.3 is 10.3 Å². The largest absolute Gasteiger partial charge is 0.368 e. The molecule has 136 valence electrons. The summed E-state index contributed by atoms with van der Waals surface area (Å²) >= 11 is 1.36. The Hall–Kier alpha value is -2.02. The van der Waals surface area contributed by atoms with E-state index in [-0.39, 0.29) is 5.78 Å². The first-order valence-electron chi connectivity index (χ1n) is 8.47. The minimum Gasteiger partial charge on any atom is -0.368 e. The molecule has 7 heteroatoms. The zero-order valence-electron chi connectivity index (χ0n) is 15.5. The molecular weight excluding hydrogens is 334 g/mol. The van der Waals surface area contributed by atoms with Gasteiger partial charge in [-0.1, -0.05) is 31.7 Å². The Morgan fingerprint density at radius 1 is 1.36 bits per heavy atom. The number of rotatable bonds is 9. The maximum absolute atomic E-state index is 12.7. The second kappa shape index (κ2) is 8.38. The molecule has 0 saturated heterocycles. The monoisotopic (exact) mass is 361 g/mol. The van der Waals surface area contributed by atoms with Gasteiger partial charge in [0.05, 0.1) is 5.75 Å². The smallest absolute Gasteiger partial charge is 0.222 e. The topological polar surface area (TPSA) is 78.7 Å². The van der Waals surface area contributed by atoms with Crippen LogP contribution in [-0.2, 0) is 13.1 Å². The van der Waals surface area contributed by atoms with Crippen LogP contribution in [-0.4, -0.2) is 30.9 Å². The third-order valence-electron chi connectivity index (χ3n) is 4.19. The van der Waals surface area contributed by atoms with Crippen LogP contribution >= 0.6 is 11.8 Å². The van der Waals surface area contributed by atoms with Gasteiger partial charge in [0.2, 0.25) is 5.95 Å². The van der Waals surface area contributed by atoms with Crippen molar-refractivity contribution in [3.05, 3.63) is 35.7 Å². The number of thioether (sulfide) groups is 1. The van der Waals surface area contributed by atoms with E-state index in [9.17, 15) is 4.79 Å². The molecule has 0 fully saturated rings. The lowest BCUT2D eigenvalue weighted by atomic mass is 10.1. The normalized spacial score (nSPS) is 11.2. The lowest BCUT2D eigenvalue weighted by Crippen LogP contribution is -2.09. The Morgan fingerprint density at radius 2 is 2.08 bits per heavy atom. The number of aryl methyl sites for hydroxylation is 1. The Labute approximate surface area is 153 Å². The predicted octanol–water partition coefficient (Wildman–Crippen LogP) is 3.49. The molecule has 2 aromatic rings. The number of nitrogens with zero attached hydrogens (tertiary/aromatic N) is 4. The molecule has 0 aromatic carbocycles. The summed E-state index contributed by atoms with van der Waals surface area (Å²) in [5.74, 6) is 1.38. The van der Waals surface area contributed by atoms with Crippen molar-refractivity contribution in [1.29, 1.82) is 0 Å². The second-order valence-electron chi connectivity index (χ2n) is 6.57. The van der Waals surface area contributed by atoms with Crippen LogP contribution < -0.4 is 5.73 Å². The molecule has 0 aliphatic carbocycles. The number of carbonyl (C=O) groups excluding carboxylic acids is 1. The molecule has 0 aliphatic heterocycles. The predicted molar refractivity (Wildman–Crippen MR) is 103 cm³/mol. The Morgan fingerprint density at radius 3 is 2.72 bits per heavy atom. The molecule has 0 saturated carbocycles. The molecule has 2 N–H and O–H groups in total. The number of carbonyl (C=O) groups is 1. The van der Waals surface area contributed by atoms with Crippen molar-refractivity contribution in [2.75, 3.05) is 11.5 Å². The van der Waals surface area contributed by atoms with Gasteiger partial charge >= 0.3 is 0 Å². The molecule has 6 nitrogen and oxygen atoms in total. The van der Waals surface area contributed by atoms with Gasteiger partial charge in [0.15, 0.2) is 10.9 Å². The van der Waals surface area contributed by atoms with E-state index in [4.69, 9.17) is 5.73 Å². The maximum atomic E-state index is 12.7. The van der Waals surface area contributed by atoms with Crippen molar-refractivity contribution < 1.29 is 4.79 Å². The van der Waals surface area contributed by atoms with Crippen LogP contribution in [0.1, 0.15) is 42.0 Å². The van der Waals surface area contributed by atoms with Gasteiger partial charge in [0.1, 0.15) is 0 Å². The van der Waals surface area contributed by atoms with E-state index in [0.717, 1.165) is 29.9 Å². The highest BCUT2D eigenvalue weighted by molar-refractivity contribution is 7.99. The summed E-state index contributed by atoms with van der Waals surface area (Å²) < 4.78 is 3.98. The van der Waals surface area contributed by atoms with Crippen LogP contribution in [0.4, 0.5) is 5.95 Å². The van der Waals surface area contributed by atoms with E-state index in [1.54, 1.807) is 10.6 Å². The van der Waals surface area contributed by atoms with Crippen molar-refractivity contribution in [2.45, 2.75) is 52.4 Å². The molecule has 0 spiro atoms. The molecule has 2 aromatic heterocycles. The summed E-state index contributed by atoms with van der Waals surface area (Å²) in [6.07, 6.45) is 2.83. The van der Waals surface area contributed by atoms with Crippen LogP contribution in [0.15, 0.2) is 23.9 Å². The van der Waals surface area contributed by atoms with Gasteiger partial charge in [0.25, 0.3) is 0 Å². The Balaban J connectivity index is 2.09. The molecule has 2 rings (SSSR count). The maximum Gasteiger partial charge on any atom is 0.222 e. The van der Waals surface area contributed by atoms with Crippen molar-refractivity contribution >= 4 is 23.5 Å². The highest BCUT2D eigenvalue weighted by Gasteiger charge is 2.18. The van der Waals surface area contributed by atoms with Crippen molar-refractivity contribution in [1.82, 2.24) is 19.3 Å². The van der Waals surface area contributed by atoms with Crippen LogP contribution in [0.3, 0.4) is 0 Å². The fourth-order valence-corrected chi connectivity index (χ4v) is 3.57. The molecule has 0 radical (unpaired) electrons.